The summed E-state index contributed by atoms with van der Waals surface area (Å²) in [4.78, 5) is 22.0. The molecule has 0 N–H and O–H groups in total. The lowest BCUT2D eigenvalue weighted by molar-refractivity contribution is -0.139. The monoisotopic (exact) mass is 380 g/mol. The van der Waals surface area contributed by atoms with Gasteiger partial charge in [-0.15, -0.1) is 0 Å². The number of carbonyl (C=O) groups is 2. The number of hydrogen-bond donors (Lipinski definition) is 0. The van der Waals surface area contributed by atoms with E-state index >= 15 is 0 Å². The van der Waals surface area contributed by atoms with Crippen LogP contribution in [-0.2, 0) is 12.4 Å². The third kappa shape index (κ3) is 3.53. The minimum Gasteiger partial charge on any atom is -0.298 e. The molecule has 0 heterocycles. The average molecular weight is 381 g/mol. The molecule has 0 fully saturated rings. The van der Waals surface area contributed by atoms with Gasteiger partial charge in [0.1, 0.15) is 0 Å². The zero-order valence-corrected chi connectivity index (χ0v) is 12.8. The minimum absolute atomic E-state index is 0.0511. The summed E-state index contributed by atoms with van der Waals surface area (Å²) < 4.78 is 79.7. The fraction of sp³-hybridized carbons (Fsp3) is 0.125. The molecule has 0 aliphatic carbocycles. The van der Waals surface area contributed by atoms with Crippen molar-refractivity contribution in [2.24, 2.45) is 0 Å². The van der Waals surface area contributed by atoms with Gasteiger partial charge in [0.25, 0.3) is 0 Å². The summed E-state index contributed by atoms with van der Waals surface area (Å²) in [7, 11) is 0. The van der Waals surface area contributed by atoms with E-state index < -0.39 is 50.8 Å². The maximum absolute atomic E-state index is 13.4. The predicted molar refractivity (Wildman–Crippen MR) is 77.7 cm³/mol. The number of carbonyl (C=O) groups excluding carboxylic acids is 2. The highest BCUT2D eigenvalue weighted by Gasteiger charge is 2.41. The Morgan fingerprint density at radius 3 is 1.92 bits per heavy atom. The molecule has 0 saturated heterocycles. The molecule has 25 heavy (non-hydrogen) atoms. The third-order valence-electron chi connectivity index (χ3n) is 3.39. The van der Waals surface area contributed by atoms with E-state index in [-0.39, 0.29) is 12.6 Å². The standard InChI is InChI=1S/C16H7ClF6O2/c17-14-11(7-25)8(6-24)5-10(13(14)16(21,22)23)9-3-1-2-4-12(9)15(18,19)20/h1-7H. The maximum Gasteiger partial charge on any atom is 0.418 e. The van der Waals surface area contributed by atoms with Crippen molar-refractivity contribution >= 4 is 24.2 Å². The summed E-state index contributed by atoms with van der Waals surface area (Å²) >= 11 is 5.61. The first-order valence-electron chi connectivity index (χ1n) is 6.53. The van der Waals surface area contributed by atoms with Crippen LogP contribution in [0.25, 0.3) is 11.1 Å². The van der Waals surface area contributed by atoms with E-state index in [4.69, 9.17) is 11.6 Å². The largest absolute Gasteiger partial charge is 0.418 e. The Kier molecular flexibility index (Phi) is 4.94. The topological polar surface area (TPSA) is 34.1 Å². The molecular formula is C16H7ClF6O2. The Morgan fingerprint density at radius 2 is 1.44 bits per heavy atom. The highest BCUT2D eigenvalue weighted by molar-refractivity contribution is 6.35. The van der Waals surface area contributed by atoms with Crippen LogP contribution in [0.1, 0.15) is 31.8 Å². The van der Waals surface area contributed by atoms with Gasteiger partial charge >= 0.3 is 12.4 Å². The zero-order valence-electron chi connectivity index (χ0n) is 12.0. The van der Waals surface area contributed by atoms with Gasteiger partial charge < -0.3 is 0 Å². The van der Waals surface area contributed by atoms with Crippen molar-refractivity contribution in [3.63, 3.8) is 0 Å². The van der Waals surface area contributed by atoms with Crippen molar-refractivity contribution in [2.45, 2.75) is 12.4 Å². The van der Waals surface area contributed by atoms with Crippen molar-refractivity contribution in [1.29, 1.82) is 0 Å². The predicted octanol–water partition coefficient (Wildman–Crippen LogP) is 5.67. The summed E-state index contributed by atoms with van der Waals surface area (Å²) in [6.45, 7) is 0. The molecule has 2 aromatic carbocycles. The van der Waals surface area contributed by atoms with Crippen molar-refractivity contribution in [1.82, 2.24) is 0 Å². The molecule has 0 saturated carbocycles. The van der Waals surface area contributed by atoms with Gasteiger partial charge in [-0.3, -0.25) is 9.59 Å². The quantitative estimate of drug-likeness (QED) is 0.508. The second kappa shape index (κ2) is 6.51. The second-order valence-corrected chi connectivity index (χ2v) is 5.27. The molecule has 0 radical (unpaired) electrons. The average Bonchev–Trinajstić information content (AvgIpc) is 2.51. The normalized spacial score (nSPS) is 12.1. The molecule has 2 nitrogen and oxygen atoms in total. The number of rotatable bonds is 3. The van der Waals surface area contributed by atoms with Crippen LogP contribution in [0.4, 0.5) is 26.3 Å². The van der Waals surface area contributed by atoms with Crippen molar-refractivity contribution in [2.75, 3.05) is 0 Å². The zero-order chi connectivity index (χ0) is 19.0. The smallest absolute Gasteiger partial charge is 0.298 e. The molecule has 2 rings (SSSR count). The van der Waals surface area contributed by atoms with Crippen LogP contribution in [0.15, 0.2) is 30.3 Å². The highest BCUT2D eigenvalue weighted by atomic mass is 35.5. The number of aldehydes is 2. The summed E-state index contributed by atoms with van der Waals surface area (Å²) in [6.07, 6.45) is -10.1. The molecule has 132 valence electrons. The van der Waals surface area contributed by atoms with Gasteiger partial charge in [0.05, 0.1) is 16.1 Å². The van der Waals surface area contributed by atoms with Crippen LogP contribution in [0.5, 0.6) is 0 Å². The van der Waals surface area contributed by atoms with Crippen LogP contribution in [0, 0.1) is 0 Å². The summed E-state index contributed by atoms with van der Waals surface area (Å²) in [6, 6.07) is 4.15. The van der Waals surface area contributed by atoms with Crippen molar-refractivity contribution < 1.29 is 35.9 Å². The minimum atomic E-state index is -5.15. The van der Waals surface area contributed by atoms with E-state index in [0.29, 0.717) is 12.1 Å². The van der Waals surface area contributed by atoms with Crippen LogP contribution in [0.3, 0.4) is 0 Å². The number of halogens is 7. The van der Waals surface area contributed by atoms with Gasteiger partial charge in [0.2, 0.25) is 0 Å². The van der Waals surface area contributed by atoms with Gasteiger partial charge in [-0.25, -0.2) is 0 Å². The first-order valence-corrected chi connectivity index (χ1v) is 6.90. The van der Waals surface area contributed by atoms with E-state index in [1.165, 1.54) is 0 Å². The SMILES string of the molecule is O=Cc1cc(-c2ccccc2C(F)(F)F)c(C(F)(F)F)c(Cl)c1C=O. The van der Waals surface area contributed by atoms with E-state index in [2.05, 4.69) is 0 Å². The first kappa shape index (κ1) is 19.0. The number of hydrogen-bond acceptors (Lipinski definition) is 2. The Balaban J connectivity index is 2.99. The summed E-state index contributed by atoms with van der Waals surface area (Å²) in [5.74, 6) is 0. The number of benzene rings is 2. The summed E-state index contributed by atoms with van der Waals surface area (Å²) in [5.41, 5.74) is -5.95. The highest BCUT2D eigenvalue weighted by Crippen LogP contribution is 2.46. The fourth-order valence-electron chi connectivity index (χ4n) is 2.36. The van der Waals surface area contributed by atoms with Crippen molar-refractivity contribution in [3.05, 3.63) is 57.6 Å². The molecule has 0 aliphatic rings. The third-order valence-corrected chi connectivity index (χ3v) is 3.78. The van der Waals surface area contributed by atoms with Crippen LogP contribution in [-0.4, -0.2) is 12.6 Å². The van der Waals surface area contributed by atoms with Crippen LogP contribution < -0.4 is 0 Å². The van der Waals surface area contributed by atoms with Gasteiger partial charge in [-0.2, -0.15) is 26.3 Å². The molecule has 0 bridgehead atoms. The molecule has 9 heteroatoms. The number of alkyl halides is 6. The van der Waals surface area contributed by atoms with Gasteiger partial charge in [0, 0.05) is 11.1 Å². The van der Waals surface area contributed by atoms with Crippen LogP contribution in [0.2, 0.25) is 5.02 Å². The van der Waals surface area contributed by atoms with Gasteiger partial charge in [0.15, 0.2) is 12.6 Å². The molecule has 0 amide bonds. The molecule has 2 aromatic rings. The molecule has 0 aliphatic heterocycles. The molecule has 0 aromatic heterocycles. The van der Waals surface area contributed by atoms with Gasteiger partial charge in [-0.1, -0.05) is 29.8 Å². The van der Waals surface area contributed by atoms with E-state index in [1.807, 2.05) is 0 Å². The van der Waals surface area contributed by atoms with E-state index in [9.17, 15) is 35.9 Å². The Morgan fingerprint density at radius 1 is 0.840 bits per heavy atom. The fourth-order valence-corrected chi connectivity index (χ4v) is 2.72. The van der Waals surface area contributed by atoms with Gasteiger partial charge in [-0.05, 0) is 23.3 Å². The lowest BCUT2D eigenvalue weighted by Gasteiger charge is -2.20. The summed E-state index contributed by atoms with van der Waals surface area (Å²) in [5, 5.41) is -1.13. The Labute approximate surface area is 142 Å². The molecule has 0 atom stereocenters. The van der Waals surface area contributed by atoms with E-state index in [0.717, 1.165) is 18.2 Å². The lowest BCUT2D eigenvalue weighted by atomic mass is 9.91. The Hall–Kier alpha value is -2.35. The van der Waals surface area contributed by atoms with Crippen LogP contribution >= 0.6 is 11.6 Å². The lowest BCUT2D eigenvalue weighted by Crippen LogP contribution is -2.14. The maximum atomic E-state index is 13.4. The Bertz CT molecular complexity index is 840. The first-order chi connectivity index (χ1) is 11.5. The van der Waals surface area contributed by atoms with Crippen molar-refractivity contribution in [3.8, 4) is 11.1 Å². The molecule has 0 spiro atoms. The second-order valence-electron chi connectivity index (χ2n) is 4.89. The molecular weight excluding hydrogens is 374 g/mol. The molecule has 0 unspecified atom stereocenters. The van der Waals surface area contributed by atoms with E-state index in [1.54, 1.807) is 0 Å².